The van der Waals surface area contributed by atoms with Gasteiger partial charge in [0, 0.05) is 12.3 Å². The molecule has 0 aromatic rings. The lowest BCUT2D eigenvalue weighted by molar-refractivity contribution is -0.568. The van der Waals surface area contributed by atoms with Crippen LogP contribution in [0.3, 0.4) is 0 Å². The molecule has 0 amide bonds. The molecule has 4 aliphatic heterocycles. The molecule has 1 spiro atoms. The Kier molecular flexibility index (Phi) is 4.70. The van der Waals surface area contributed by atoms with Gasteiger partial charge in [-0.25, -0.2) is 9.78 Å². The van der Waals surface area contributed by atoms with Crippen LogP contribution in [0.1, 0.15) is 66.2 Å². The van der Waals surface area contributed by atoms with Gasteiger partial charge in [-0.2, -0.15) is 0 Å². The Morgan fingerprint density at radius 3 is 2.71 bits per heavy atom. The first-order valence-corrected chi connectivity index (χ1v) is 10.9. The third-order valence-corrected chi connectivity index (χ3v) is 8.27. The van der Waals surface area contributed by atoms with Gasteiger partial charge in [-0.15, -0.1) is 11.8 Å². The number of fused-ring (bicyclic) bond motifs is 2. The van der Waals surface area contributed by atoms with Crippen LogP contribution in [0.2, 0.25) is 0 Å². The highest BCUT2D eigenvalue weighted by molar-refractivity contribution is 7.99. The zero-order valence-electron chi connectivity index (χ0n) is 15.5. The lowest BCUT2D eigenvalue weighted by atomic mass is 9.58. The van der Waals surface area contributed by atoms with E-state index in [9.17, 15) is 0 Å². The van der Waals surface area contributed by atoms with E-state index in [0.29, 0.717) is 23.7 Å². The fourth-order valence-corrected chi connectivity index (χ4v) is 6.77. The molecular formula is C19H32O4S. The van der Waals surface area contributed by atoms with Crippen LogP contribution in [0.4, 0.5) is 0 Å². The molecular weight excluding hydrogens is 324 g/mol. The molecule has 8 atom stereocenters. The number of hydrogen-bond donors (Lipinski definition) is 0. The van der Waals surface area contributed by atoms with Gasteiger partial charge in [0.15, 0.2) is 11.9 Å². The Morgan fingerprint density at radius 2 is 1.92 bits per heavy atom. The van der Waals surface area contributed by atoms with E-state index in [2.05, 4.69) is 20.8 Å². The van der Waals surface area contributed by atoms with Gasteiger partial charge < -0.3 is 9.47 Å². The third kappa shape index (κ3) is 2.58. The van der Waals surface area contributed by atoms with E-state index in [1.165, 1.54) is 25.7 Å². The number of rotatable bonds is 4. The normalized spacial score (nSPS) is 53.5. The molecule has 5 heteroatoms. The first-order valence-electron chi connectivity index (χ1n) is 9.82. The van der Waals surface area contributed by atoms with Crippen LogP contribution in [0.5, 0.6) is 0 Å². The van der Waals surface area contributed by atoms with Crippen LogP contribution in [0, 0.1) is 23.7 Å². The molecule has 0 N–H and O–H groups in total. The van der Waals surface area contributed by atoms with Crippen molar-refractivity contribution in [3.63, 3.8) is 0 Å². The number of thioether (sulfide) groups is 1. The summed E-state index contributed by atoms with van der Waals surface area (Å²) in [7, 11) is 0. The zero-order chi connectivity index (χ0) is 16.9. The molecule has 5 rings (SSSR count). The van der Waals surface area contributed by atoms with Gasteiger partial charge >= 0.3 is 0 Å². The Labute approximate surface area is 150 Å². The highest BCUT2D eigenvalue weighted by Gasteiger charge is 2.69. The Hall–Kier alpha value is 0.190. The highest BCUT2D eigenvalue weighted by Crippen LogP contribution is 2.61. The summed E-state index contributed by atoms with van der Waals surface area (Å²) in [5.41, 5.74) is -0.202. The fraction of sp³-hybridized carbons (Fsp3) is 1.00. The molecule has 3 unspecified atom stereocenters. The maximum atomic E-state index is 6.54. The maximum absolute atomic E-state index is 6.54. The number of hydrogen-bond acceptors (Lipinski definition) is 5. The van der Waals surface area contributed by atoms with Crippen LogP contribution in [0.25, 0.3) is 0 Å². The molecule has 1 saturated carbocycles. The van der Waals surface area contributed by atoms with Crippen molar-refractivity contribution in [2.75, 3.05) is 5.75 Å². The van der Waals surface area contributed by atoms with Crippen molar-refractivity contribution >= 4 is 11.8 Å². The molecule has 1 aliphatic carbocycles. The summed E-state index contributed by atoms with van der Waals surface area (Å²) in [5.74, 6) is 2.53. The quantitative estimate of drug-likeness (QED) is 0.538. The zero-order valence-corrected chi connectivity index (χ0v) is 16.3. The van der Waals surface area contributed by atoms with Crippen molar-refractivity contribution in [1.29, 1.82) is 0 Å². The van der Waals surface area contributed by atoms with E-state index in [0.717, 1.165) is 18.6 Å². The van der Waals surface area contributed by atoms with Gasteiger partial charge in [-0.05, 0) is 56.1 Å². The van der Waals surface area contributed by atoms with Crippen LogP contribution in [-0.2, 0) is 19.2 Å². The second kappa shape index (κ2) is 6.41. The van der Waals surface area contributed by atoms with E-state index < -0.39 is 11.4 Å². The van der Waals surface area contributed by atoms with E-state index in [1.807, 2.05) is 18.7 Å². The van der Waals surface area contributed by atoms with Crippen molar-refractivity contribution in [2.45, 2.75) is 89.3 Å². The predicted octanol–water partition coefficient (Wildman–Crippen LogP) is 4.73. The monoisotopic (exact) mass is 356 g/mol. The van der Waals surface area contributed by atoms with E-state index in [1.54, 1.807) is 0 Å². The summed E-state index contributed by atoms with van der Waals surface area (Å²) < 4.78 is 12.9. The van der Waals surface area contributed by atoms with Crippen molar-refractivity contribution in [1.82, 2.24) is 0 Å². The minimum absolute atomic E-state index is 0.206. The average molecular weight is 357 g/mol. The standard InChI is InChI=1S/C19H32O4S/c1-5-6-11-24-16-13(3)15-8-7-12(2)14-9-10-18(4)21-17(20-16)19(14,15)23-22-18/h12-17H,5-11H2,1-4H3/t12-,13-,14?,15?,16+,17-,18?,19-/m1/s1. The first kappa shape index (κ1) is 17.6. The van der Waals surface area contributed by atoms with Crippen LogP contribution in [-0.4, -0.2) is 28.9 Å². The van der Waals surface area contributed by atoms with E-state index >= 15 is 0 Å². The number of ether oxygens (including phenoxy) is 2. The summed E-state index contributed by atoms with van der Waals surface area (Å²) >= 11 is 1.96. The molecule has 5 aliphatic rings. The van der Waals surface area contributed by atoms with Gasteiger partial charge in [0.25, 0.3) is 0 Å². The first-order chi connectivity index (χ1) is 11.5. The molecule has 4 saturated heterocycles. The minimum atomic E-state index is -0.656. The Bertz CT molecular complexity index is 474. The molecule has 4 nitrogen and oxygen atoms in total. The van der Waals surface area contributed by atoms with Gasteiger partial charge in [0.1, 0.15) is 5.44 Å². The molecule has 0 aromatic carbocycles. The summed E-state index contributed by atoms with van der Waals surface area (Å²) in [6.07, 6.45) is 6.65. The molecule has 0 aromatic heterocycles. The fourth-order valence-electron chi connectivity index (χ4n) is 5.41. The summed E-state index contributed by atoms with van der Waals surface area (Å²) in [6, 6.07) is 0. The smallest absolute Gasteiger partial charge is 0.201 e. The van der Waals surface area contributed by atoms with Gasteiger partial charge in [-0.3, -0.25) is 0 Å². The molecule has 24 heavy (non-hydrogen) atoms. The third-order valence-electron chi connectivity index (χ3n) is 6.88. The van der Waals surface area contributed by atoms with Crippen LogP contribution < -0.4 is 0 Å². The molecule has 0 radical (unpaired) electrons. The second-order valence-electron chi connectivity index (χ2n) is 8.50. The highest BCUT2D eigenvalue weighted by atomic mass is 32.2. The second-order valence-corrected chi connectivity index (χ2v) is 9.70. The summed E-state index contributed by atoms with van der Waals surface area (Å²) in [4.78, 5) is 12.0. The van der Waals surface area contributed by atoms with Crippen molar-refractivity contribution < 1.29 is 19.2 Å². The van der Waals surface area contributed by atoms with Gasteiger partial charge in [-0.1, -0.05) is 27.2 Å². The van der Waals surface area contributed by atoms with E-state index in [-0.39, 0.29) is 11.7 Å². The molecule has 5 fully saturated rings. The van der Waals surface area contributed by atoms with Crippen LogP contribution >= 0.6 is 11.8 Å². The maximum Gasteiger partial charge on any atom is 0.201 e. The Morgan fingerprint density at radius 1 is 1.08 bits per heavy atom. The molecule has 138 valence electrons. The SMILES string of the molecule is CCCCS[C@@H]1O[C@@H]2OC3(C)CCC4[C@H](C)CCC([C@H]1C)[C@]42OO3. The minimum Gasteiger partial charge on any atom is -0.335 e. The van der Waals surface area contributed by atoms with Crippen molar-refractivity contribution in [3.05, 3.63) is 0 Å². The largest absolute Gasteiger partial charge is 0.335 e. The molecule has 2 bridgehead atoms. The van der Waals surface area contributed by atoms with Crippen molar-refractivity contribution in [3.8, 4) is 0 Å². The summed E-state index contributed by atoms with van der Waals surface area (Å²) in [5, 5.41) is 0. The van der Waals surface area contributed by atoms with Gasteiger partial charge in [0.2, 0.25) is 5.79 Å². The Balaban J connectivity index is 1.64. The number of unbranched alkanes of at least 4 members (excludes halogenated alkanes) is 1. The van der Waals surface area contributed by atoms with Crippen LogP contribution in [0.15, 0.2) is 0 Å². The van der Waals surface area contributed by atoms with Gasteiger partial charge in [0.05, 0.1) is 0 Å². The summed E-state index contributed by atoms with van der Waals surface area (Å²) in [6.45, 7) is 8.95. The van der Waals surface area contributed by atoms with E-state index in [4.69, 9.17) is 19.2 Å². The average Bonchev–Trinajstić information content (AvgIpc) is 2.78. The lowest BCUT2D eigenvalue weighted by Crippen LogP contribution is -2.70. The lowest BCUT2D eigenvalue weighted by Gasteiger charge is -2.60. The molecule has 4 heterocycles. The van der Waals surface area contributed by atoms with Crippen molar-refractivity contribution in [2.24, 2.45) is 23.7 Å². The topological polar surface area (TPSA) is 36.9 Å². The predicted molar refractivity (Wildman–Crippen MR) is 94.2 cm³/mol.